The van der Waals surface area contributed by atoms with Crippen LogP contribution in [0.5, 0.6) is 0 Å². The summed E-state index contributed by atoms with van der Waals surface area (Å²) in [6.45, 7) is 4.78. The lowest BCUT2D eigenvalue weighted by Gasteiger charge is -2.16. The smallest absolute Gasteiger partial charge is 0.0824 e. The molecule has 0 unspecified atom stereocenters. The summed E-state index contributed by atoms with van der Waals surface area (Å²) in [4.78, 5) is 0. The molecule has 0 atom stereocenters. The van der Waals surface area contributed by atoms with Gasteiger partial charge < -0.3 is 15.6 Å². The van der Waals surface area contributed by atoms with E-state index in [1.807, 2.05) is 0 Å². The quantitative estimate of drug-likeness (QED) is 0.519. The third kappa shape index (κ3) is 7.88. The van der Waals surface area contributed by atoms with E-state index >= 15 is 0 Å². The molecule has 0 amide bonds. The van der Waals surface area contributed by atoms with Crippen LogP contribution in [0.15, 0.2) is 0 Å². The van der Waals surface area contributed by atoms with Crippen LogP contribution in [0.3, 0.4) is 0 Å². The van der Waals surface area contributed by atoms with Crippen LogP contribution >= 0.6 is 0 Å². The third-order valence-electron chi connectivity index (χ3n) is 0.717. The third-order valence-corrected chi connectivity index (χ3v) is 0.717. The van der Waals surface area contributed by atoms with Gasteiger partial charge in [0.1, 0.15) is 0 Å². The minimum atomic E-state index is -0.727. The lowest BCUT2D eigenvalue weighted by Crippen LogP contribution is -2.27. The van der Waals surface area contributed by atoms with Crippen molar-refractivity contribution in [2.75, 3.05) is 19.8 Å². The molecule has 0 fully saturated rings. The molecule has 0 bridgehead atoms. The van der Waals surface area contributed by atoms with Crippen molar-refractivity contribution in [1.82, 2.24) is 0 Å². The predicted octanol–water partition coefficient (Wildman–Crippen LogP) is -0.267. The molecule has 0 spiro atoms. The van der Waals surface area contributed by atoms with Gasteiger partial charge in [0.2, 0.25) is 0 Å². The zero-order valence-electron chi connectivity index (χ0n) is 6.05. The van der Waals surface area contributed by atoms with Gasteiger partial charge in [0.05, 0.1) is 18.8 Å². The Morgan fingerprint density at radius 1 is 1.56 bits per heavy atom. The van der Waals surface area contributed by atoms with Gasteiger partial charge in [-0.15, -0.1) is 0 Å². The van der Waals surface area contributed by atoms with E-state index in [9.17, 15) is 0 Å². The molecule has 0 aromatic rings. The van der Waals surface area contributed by atoms with E-state index in [4.69, 9.17) is 15.6 Å². The maximum atomic E-state index is 9.08. The normalized spacial score (nSPS) is 12.0. The summed E-state index contributed by atoms with van der Waals surface area (Å²) in [6.07, 6.45) is 0. The SMILES string of the molecule is CC(C)(O)COCCN. The second-order valence-corrected chi connectivity index (χ2v) is 2.65. The summed E-state index contributed by atoms with van der Waals surface area (Å²) in [5, 5.41) is 9.08. The van der Waals surface area contributed by atoms with Crippen LogP contribution in [-0.4, -0.2) is 30.5 Å². The molecule has 0 rings (SSSR count). The molecule has 0 aliphatic rings. The molecule has 0 aromatic carbocycles. The van der Waals surface area contributed by atoms with Crippen LogP contribution in [0, 0.1) is 0 Å². The van der Waals surface area contributed by atoms with Crippen LogP contribution in [0.4, 0.5) is 0 Å². The maximum Gasteiger partial charge on any atom is 0.0824 e. The number of hydrogen-bond donors (Lipinski definition) is 2. The molecule has 3 nitrogen and oxygen atoms in total. The van der Waals surface area contributed by atoms with E-state index in [1.165, 1.54) is 0 Å². The molecule has 0 aliphatic carbocycles. The van der Waals surface area contributed by atoms with E-state index in [1.54, 1.807) is 13.8 Å². The number of nitrogens with two attached hydrogens (primary N) is 1. The van der Waals surface area contributed by atoms with Crippen LogP contribution < -0.4 is 5.73 Å². The zero-order chi connectivity index (χ0) is 7.33. The highest BCUT2D eigenvalue weighted by Gasteiger charge is 2.11. The van der Waals surface area contributed by atoms with Crippen molar-refractivity contribution in [3.05, 3.63) is 0 Å². The largest absolute Gasteiger partial charge is 0.388 e. The summed E-state index contributed by atoms with van der Waals surface area (Å²) in [5.41, 5.74) is 4.42. The number of aliphatic hydroxyl groups is 1. The van der Waals surface area contributed by atoms with Crippen molar-refractivity contribution in [1.29, 1.82) is 0 Å². The van der Waals surface area contributed by atoms with Gasteiger partial charge in [-0.05, 0) is 13.8 Å². The Hall–Kier alpha value is -0.120. The molecular formula is C6H15NO2. The van der Waals surface area contributed by atoms with Crippen LogP contribution in [0.1, 0.15) is 13.8 Å². The van der Waals surface area contributed by atoms with Gasteiger partial charge in [-0.1, -0.05) is 0 Å². The standard InChI is InChI=1S/C6H15NO2/c1-6(2,8)5-9-4-3-7/h8H,3-5,7H2,1-2H3. The second kappa shape index (κ2) is 3.82. The Bertz CT molecular complexity index is 67.9. The first kappa shape index (κ1) is 8.88. The Kier molecular flexibility index (Phi) is 3.77. The average Bonchev–Trinajstić information content (AvgIpc) is 1.63. The molecule has 3 heteroatoms. The monoisotopic (exact) mass is 133 g/mol. The second-order valence-electron chi connectivity index (χ2n) is 2.65. The fourth-order valence-electron chi connectivity index (χ4n) is 0.405. The minimum Gasteiger partial charge on any atom is -0.388 e. The van der Waals surface area contributed by atoms with E-state index in [2.05, 4.69) is 0 Å². The van der Waals surface area contributed by atoms with Crippen molar-refractivity contribution >= 4 is 0 Å². The predicted molar refractivity (Wildman–Crippen MR) is 36.2 cm³/mol. The highest BCUT2D eigenvalue weighted by atomic mass is 16.5. The van der Waals surface area contributed by atoms with Crippen molar-refractivity contribution in [3.8, 4) is 0 Å². The Morgan fingerprint density at radius 3 is 2.44 bits per heavy atom. The lowest BCUT2D eigenvalue weighted by atomic mass is 10.2. The summed E-state index contributed by atoms with van der Waals surface area (Å²) in [5.74, 6) is 0. The first-order valence-electron chi connectivity index (χ1n) is 3.06. The van der Waals surface area contributed by atoms with E-state index in [0.717, 1.165) is 0 Å². The van der Waals surface area contributed by atoms with Gasteiger partial charge >= 0.3 is 0 Å². The molecule has 0 radical (unpaired) electrons. The van der Waals surface area contributed by atoms with Gasteiger partial charge in [0, 0.05) is 6.54 Å². The highest BCUT2D eigenvalue weighted by molar-refractivity contribution is 4.62. The van der Waals surface area contributed by atoms with Gasteiger partial charge in [0.25, 0.3) is 0 Å². The molecule has 56 valence electrons. The zero-order valence-corrected chi connectivity index (χ0v) is 6.05. The Labute approximate surface area is 55.8 Å². The lowest BCUT2D eigenvalue weighted by molar-refractivity contribution is -0.0183. The van der Waals surface area contributed by atoms with Gasteiger partial charge in [-0.25, -0.2) is 0 Å². The van der Waals surface area contributed by atoms with E-state index in [0.29, 0.717) is 19.8 Å². The summed E-state index contributed by atoms with van der Waals surface area (Å²) in [7, 11) is 0. The molecule has 0 saturated carbocycles. The number of hydrogen-bond acceptors (Lipinski definition) is 3. The maximum absolute atomic E-state index is 9.08. The molecule has 3 N–H and O–H groups in total. The van der Waals surface area contributed by atoms with Gasteiger partial charge in [0.15, 0.2) is 0 Å². The van der Waals surface area contributed by atoms with E-state index < -0.39 is 5.60 Å². The topological polar surface area (TPSA) is 55.5 Å². The van der Waals surface area contributed by atoms with Gasteiger partial charge in [-0.2, -0.15) is 0 Å². The molecule has 9 heavy (non-hydrogen) atoms. The summed E-state index contributed by atoms with van der Waals surface area (Å²) in [6, 6.07) is 0. The van der Waals surface area contributed by atoms with Crippen LogP contribution in [-0.2, 0) is 4.74 Å². The van der Waals surface area contributed by atoms with Crippen molar-refractivity contribution in [3.63, 3.8) is 0 Å². The molecule has 0 aliphatic heterocycles. The van der Waals surface area contributed by atoms with Crippen molar-refractivity contribution < 1.29 is 9.84 Å². The Morgan fingerprint density at radius 2 is 2.11 bits per heavy atom. The van der Waals surface area contributed by atoms with Crippen molar-refractivity contribution in [2.24, 2.45) is 5.73 Å². The molecule has 0 aromatic heterocycles. The molecule has 0 saturated heterocycles. The fourth-order valence-corrected chi connectivity index (χ4v) is 0.405. The summed E-state index contributed by atoms with van der Waals surface area (Å²) >= 11 is 0. The Balaban J connectivity index is 3.07. The highest BCUT2D eigenvalue weighted by Crippen LogP contribution is 1.99. The van der Waals surface area contributed by atoms with Gasteiger partial charge in [-0.3, -0.25) is 0 Å². The average molecular weight is 133 g/mol. The van der Waals surface area contributed by atoms with Crippen LogP contribution in [0.25, 0.3) is 0 Å². The van der Waals surface area contributed by atoms with E-state index in [-0.39, 0.29) is 0 Å². The number of ether oxygens (including phenoxy) is 1. The fraction of sp³-hybridized carbons (Fsp3) is 1.00. The van der Waals surface area contributed by atoms with Crippen molar-refractivity contribution in [2.45, 2.75) is 19.4 Å². The molecular weight excluding hydrogens is 118 g/mol. The molecule has 0 heterocycles. The minimum absolute atomic E-state index is 0.351. The van der Waals surface area contributed by atoms with Crippen LogP contribution in [0.2, 0.25) is 0 Å². The number of rotatable bonds is 4. The first-order chi connectivity index (χ1) is 4.06. The first-order valence-corrected chi connectivity index (χ1v) is 3.06. The summed E-state index contributed by atoms with van der Waals surface area (Å²) < 4.78 is 4.97.